The second kappa shape index (κ2) is 5.00. The van der Waals surface area contributed by atoms with E-state index in [1.54, 1.807) is 0 Å². The van der Waals surface area contributed by atoms with Crippen molar-refractivity contribution in [2.24, 2.45) is 0 Å². The van der Waals surface area contributed by atoms with E-state index in [1.165, 1.54) is 0 Å². The number of piperidine rings is 1. The van der Waals surface area contributed by atoms with Crippen LogP contribution in [0, 0.1) is 0 Å². The number of nitrogens with one attached hydrogen (secondary N) is 1. The van der Waals surface area contributed by atoms with Gasteiger partial charge in [0.1, 0.15) is 6.10 Å². The Morgan fingerprint density at radius 1 is 1.29 bits per heavy atom. The Labute approximate surface area is 103 Å². The molecular formula is C13H21N3O. The fourth-order valence-electron chi connectivity index (χ4n) is 1.87. The van der Waals surface area contributed by atoms with Crippen LogP contribution < -0.4 is 10.1 Å². The molecule has 2 rings (SSSR count). The molecule has 94 valence electrons. The van der Waals surface area contributed by atoms with E-state index >= 15 is 0 Å². The lowest BCUT2D eigenvalue weighted by molar-refractivity contribution is 0.158. The van der Waals surface area contributed by atoms with Gasteiger partial charge in [-0.3, -0.25) is 0 Å². The molecule has 0 amide bonds. The maximum atomic E-state index is 5.79. The number of rotatable bonds is 2. The van der Waals surface area contributed by atoms with Crippen LogP contribution in [0.2, 0.25) is 0 Å². The zero-order valence-corrected chi connectivity index (χ0v) is 10.9. The molecule has 1 fully saturated rings. The van der Waals surface area contributed by atoms with Gasteiger partial charge in [-0.05, 0) is 25.5 Å². The fourth-order valence-corrected chi connectivity index (χ4v) is 1.87. The van der Waals surface area contributed by atoms with Crippen molar-refractivity contribution < 1.29 is 4.74 Å². The lowest BCUT2D eigenvalue weighted by Crippen LogP contribution is -2.37. The van der Waals surface area contributed by atoms with Crippen LogP contribution >= 0.6 is 0 Å². The molecule has 0 saturated carbocycles. The zero-order valence-electron chi connectivity index (χ0n) is 10.9. The molecule has 0 radical (unpaired) electrons. The summed E-state index contributed by atoms with van der Waals surface area (Å²) in [6.07, 6.45) is 2.49. The Balaban J connectivity index is 1.98. The van der Waals surface area contributed by atoms with E-state index < -0.39 is 0 Å². The van der Waals surface area contributed by atoms with Crippen LogP contribution in [0.15, 0.2) is 12.1 Å². The summed E-state index contributed by atoms with van der Waals surface area (Å²) in [5.74, 6) is 0.631. The van der Waals surface area contributed by atoms with Crippen molar-refractivity contribution >= 4 is 0 Å². The summed E-state index contributed by atoms with van der Waals surface area (Å²) in [6, 6.07) is 3.92. The van der Waals surface area contributed by atoms with Crippen molar-refractivity contribution in [1.82, 2.24) is 15.5 Å². The molecule has 1 aliphatic rings. The molecule has 17 heavy (non-hydrogen) atoms. The molecule has 0 spiro atoms. The predicted molar refractivity (Wildman–Crippen MR) is 67.3 cm³/mol. The van der Waals surface area contributed by atoms with Gasteiger partial charge in [0.15, 0.2) is 0 Å². The van der Waals surface area contributed by atoms with Crippen LogP contribution in [0.1, 0.15) is 39.3 Å². The minimum Gasteiger partial charge on any atom is -0.472 e. The maximum Gasteiger partial charge on any atom is 0.233 e. The van der Waals surface area contributed by atoms with Crippen molar-refractivity contribution in [1.29, 1.82) is 0 Å². The van der Waals surface area contributed by atoms with E-state index in [0.717, 1.165) is 31.6 Å². The van der Waals surface area contributed by atoms with Gasteiger partial charge < -0.3 is 10.1 Å². The minimum absolute atomic E-state index is 0.0396. The van der Waals surface area contributed by atoms with E-state index in [9.17, 15) is 0 Å². The lowest BCUT2D eigenvalue weighted by atomic mass is 9.92. The molecule has 1 saturated heterocycles. The first-order valence-corrected chi connectivity index (χ1v) is 6.27. The first-order valence-electron chi connectivity index (χ1n) is 6.27. The van der Waals surface area contributed by atoms with E-state index in [1.807, 2.05) is 12.1 Å². The summed E-state index contributed by atoms with van der Waals surface area (Å²) in [5, 5.41) is 11.7. The second-order valence-corrected chi connectivity index (χ2v) is 5.59. The molecule has 4 nitrogen and oxygen atoms in total. The van der Waals surface area contributed by atoms with E-state index in [2.05, 4.69) is 36.3 Å². The molecule has 2 heterocycles. The van der Waals surface area contributed by atoms with Gasteiger partial charge in [-0.1, -0.05) is 20.8 Å². The van der Waals surface area contributed by atoms with Gasteiger partial charge in [0.25, 0.3) is 0 Å². The van der Waals surface area contributed by atoms with Gasteiger partial charge in [-0.2, -0.15) is 5.10 Å². The van der Waals surface area contributed by atoms with E-state index in [0.29, 0.717) is 5.88 Å². The van der Waals surface area contributed by atoms with Gasteiger partial charge >= 0.3 is 0 Å². The Hall–Kier alpha value is -1.16. The predicted octanol–water partition coefficient (Wildman–Crippen LogP) is 1.90. The highest BCUT2D eigenvalue weighted by atomic mass is 16.5. The second-order valence-electron chi connectivity index (χ2n) is 5.59. The average molecular weight is 235 g/mol. The summed E-state index contributed by atoms with van der Waals surface area (Å²) in [7, 11) is 0. The largest absolute Gasteiger partial charge is 0.472 e. The third kappa shape index (κ3) is 3.40. The van der Waals surface area contributed by atoms with Crippen LogP contribution in [0.3, 0.4) is 0 Å². The molecule has 1 aliphatic heterocycles. The normalized spacial score (nSPS) is 21.2. The quantitative estimate of drug-likeness (QED) is 0.850. The van der Waals surface area contributed by atoms with Crippen LogP contribution in [0.4, 0.5) is 0 Å². The molecule has 0 aliphatic carbocycles. The summed E-state index contributed by atoms with van der Waals surface area (Å²) < 4.78 is 5.79. The van der Waals surface area contributed by atoms with Gasteiger partial charge in [0.2, 0.25) is 5.88 Å². The smallest absolute Gasteiger partial charge is 0.233 e. The SMILES string of the molecule is CC(C)(C)c1ccc(OC2CCCNC2)nn1. The van der Waals surface area contributed by atoms with E-state index in [-0.39, 0.29) is 11.5 Å². The lowest BCUT2D eigenvalue weighted by Gasteiger charge is -2.23. The third-order valence-electron chi connectivity index (χ3n) is 2.95. The molecule has 1 aromatic heterocycles. The van der Waals surface area contributed by atoms with E-state index in [4.69, 9.17) is 4.74 Å². The standard InChI is InChI=1S/C13H21N3O/c1-13(2,3)11-6-7-12(16-15-11)17-10-5-4-8-14-9-10/h6-7,10,14H,4-5,8-9H2,1-3H3. The summed E-state index contributed by atoms with van der Waals surface area (Å²) in [4.78, 5) is 0. The molecule has 1 unspecified atom stereocenters. The fraction of sp³-hybridized carbons (Fsp3) is 0.692. The highest BCUT2D eigenvalue weighted by Crippen LogP contribution is 2.20. The van der Waals surface area contributed by atoms with Gasteiger partial charge in [-0.15, -0.1) is 5.10 Å². The van der Waals surface area contributed by atoms with Crippen LogP contribution in [0.25, 0.3) is 0 Å². The molecule has 1 aromatic rings. The number of nitrogens with zero attached hydrogens (tertiary/aromatic N) is 2. The Morgan fingerprint density at radius 2 is 2.12 bits per heavy atom. The van der Waals surface area contributed by atoms with Crippen LogP contribution in [0.5, 0.6) is 5.88 Å². The highest BCUT2D eigenvalue weighted by molar-refractivity contribution is 5.17. The maximum absolute atomic E-state index is 5.79. The van der Waals surface area contributed by atoms with Crippen LogP contribution in [-0.4, -0.2) is 29.4 Å². The van der Waals surface area contributed by atoms with Crippen molar-refractivity contribution in [2.75, 3.05) is 13.1 Å². The summed E-state index contributed by atoms with van der Waals surface area (Å²) in [6.45, 7) is 8.38. The Kier molecular flexibility index (Phi) is 3.62. The number of hydrogen-bond acceptors (Lipinski definition) is 4. The number of ether oxygens (including phenoxy) is 1. The van der Waals surface area contributed by atoms with Crippen molar-refractivity contribution in [3.8, 4) is 5.88 Å². The molecule has 0 bridgehead atoms. The van der Waals surface area contributed by atoms with Crippen molar-refractivity contribution in [3.05, 3.63) is 17.8 Å². The number of aromatic nitrogens is 2. The molecular weight excluding hydrogens is 214 g/mol. The van der Waals surface area contributed by atoms with Gasteiger partial charge in [0.05, 0.1) is 5.69 Å². The highest BCUT2D eigenvalue weighted by Gasteiger charge is 2.18. The zero-order chi connectivity index (χ0) is 12.3. The number of hydrogen-bond donors (Lipinski definition) is 1. The van der Waals surface area contributed by atoms with Gasteiger partial charge in [0, 0.05) is 18.0 Å². The van der Waals surface area contributed by atoms with Crippen molar-refractivity contribution in [3.63, 3.8) is 0 Å². The topological polar surface area (TPSA) is 47.0 Å². The molecule has 1 atom stereocenters. The third-order valence-corrected chi connectivity index (χ3v) is 2.95. The minimum atomic E-state index is 0.0396. The first kappa shape index (κ1) is 12.3. The average Bonchev–Trinajstić information content (AvgIpc) is 2.30. The summed E-state index contributed by atoms with van der Waals surface area (Å²) in [5.41, 5.74) is 1.03. The molecule has 0 aromatic carbocycles. The monoisotopic (exact) mass is 235 g/mol. The van der Waals surface area contributed by atoms with Crippen LogP contribution in [-0.2, 0) is 5.41 Å². The summed E-state index contributed by atoms with van der Waals surface area (Å²) >= 11 is 0. The molecule has 4 heteroatoms. The Morgan fingerprint density at radius 3 is 2.65 bits per heavy atom. The molecule has 1 N–H and O–H groups in total. The Bertz CT molecular complexity index is 350. The first-order chi connectivity index (χ1) is 8.05. The van der Waals surface area contributed by atoms with Crippen molar-refractivity contribution in [2.45, 2.75) is 45.1 Å². The van der Waals surface area contributed by atoms with Gasteiger partial charge in [-0.25, -0.2) is 0 Å².